The largest absolute Gasteiger partial charge is 0.504 e. The molecule has 0 aromatic heterocycles. The average Bonchev–Trinajstić information content (AvgIpc) is 3.00. The Morgan fingerprint density at radius 3 is 2.14 bits per heavy atom. The first-order chi connectivity index (χ1) is 20.3. The molecule has 42 heavy (non-hydrogen) atoms. The molecular weight excluding hydrogens is 536 g/mol. The summed E-state index contributed by atoms with van der Waals surface area (Å²) in [5, 5.41) is 17.0. The minimum atomic E-state index is -0.699. The summed E-state index contributed by atoms with van der Waals surface area (Å²) >= 11 is 0. The van der Waals surface area contributed by atoms with Crippen molar-refractivity contribution >= 4 is 17.4 Å². The lowest BCUT2D eigenvalue weighted by atomic mass is 9.71. The van der Waals surface area contributed by atoms with Crippen molar-refractivity contribution in [2.75, 3.05) is 33.8 Å². The van der Waals surface area contributed by atoms with Gasteiger partial charge in [0.05, 0.1) is 28.4 Å². The Kier molecular flexibility index (Phi) is 8.10. The SMILES string of the molecule is COc1ccc(NC(=O)C2=C(C)NC3=C(C(=O)C[C@@H](c4ccc(OC)c(OC)c4)C3)[C@H]2c2ccc(OC)c(O)c2)cc1. The van der Waals surface area contributed by atoms with Crippen molar-refractivity contribution in [1.82, 2.24) is 5.32 Å². The Balaban J connectivity index is 1.55. The number of Topliss-reactive ketones (excluding diaryl/α,β-unsaturated/α-hetero) is 1. The van der Waals surface area contributed by atoms with Crippen molar-refractivity contribution in [1.29, 1.82) is 0 Å². The van der Waals surface area contributed by atoms with E-state index in [0.717, 1.165) is 11.3 Å². The number of dihydropyridines is 1. The van der Waals surface area contributed by atoms with Crippen LogP contribution in [0.1, 0.15) is 42.7 Å². The molecule has 0 bridgehead atoms. The number of phenolic OH excluding ortho intramolecular Hbond substituents is 1. The number of allylic oxidation sites excluding steroid dienone is 3. The highest BCUT2D eigenvalue weighted by molar-refractivity contribution is 6.10. The van der Waals surface area contributed by atoms with Gasteiger partial charge in [0, 0.05) is 40.6 Å². The van der Waals surface area contributed by atoms with Crippen LogP contribution in [0.25, 0.3) is 0 Å². The van der Waals surface area contributed by atoms with Crippen LogP contribution in [0.3, 0.4) is 0 Å². The second-order valence-electron chi connectivity index (χ2n) is 10.2. The number of carbonyl (C=O) groups is 2. The number of phenols is 1. The normalized spacial score (nSPS) is 18.2. The number of hydrogen-bond donors (Lipinski definition) is 3. The Morgan fingerprint density at radius 1 is 0.833 bits per heavy atom. The molecule has 0 unspecified atom stereocenters. The molecule has 3 N–H and O–H groups in total. The minimum absolute atomic E-state index is 0.0743. The van der Waals surface area contributed by atoms with Gasteiger partial charge in [0.25, 0.3) is 5.91 Å². The maximum Gasteiger partial charge on any atom is 0.254 e. The van der Waals surface area contributed by atoms with Gasteiger partial charge in [-0.25, -0.2) is 0 Å². The van der Waals surface area contributed by atoms with Gasteiger partial charge in [-0.3, -0.25) is 9.59 Å². The molecule has 218 valence electrons. The number of methoxy groups -OCH3 is 4. The van der Waals surface area contributed by atoms with E-state index in [2.05, 4.69) is 10.6 Å². The molecule has 1 amide bonds. The van der Waals surface area contributed by atoms with E-state index in [-0.39, 0.29) is 29.8 Å². The molecule has 9 heteroatoms. The zero-order chi connectivity index (χ0) is 30.0. The molecule has 9 nitrogen and oxygen atoms in total. The molecule has 3 aromatic rings. The monoisotopic (exact) mass is 570 g/mol. The maximum absolute atomic E-state index is 14.0. The number of nitrogens with one attached hydrogen (secondary N) is 2. The summed E-state index contributed by atoms with van der Waals surface area (Å²) in [6.07, 6.45) is 0.807. The number of amides is 1. The van der Waals surface area contributed by atoms with Crippen LogP contribution < -0.4 is 29.6 Å². The third kappa shape index (κ3) is 5.37. The lowest BCUT2D eigenvalue weighted by Crippen LogP contribution is -2.37. The van der Waals surface area contributed by atoms with E-state index in [4.69, 9.17) is 18.9 Å². The topological polar surface area (TPSA) is 115 Å². The molecule has 0 saturated heterocycles. The highest BCUT2D eigenvalue weighted by atomic mass is 16.5. The first-order valence-corrected chi connectivity index (χ1v) is 13.6. The fourth-order valence-electron chi connectivity index (χ4n) is 5.78. The van der Waals surface area contributed by atoms with E-state index in [9.17, 15) is 14.7 Å². The van der Waals surface area contributed by atoms with Crippen LogP contribution in [0.15, 0.2) is 83.2 Å². The summed E-state index contributed by atoms with van der Waals surface area (Å²) in [5.41, 5.74) is 4.44. The number of rotatable bonds is 8. The van der Waals surface area contributed by atoms with Crippen LogP contribution >= 0.6 is 0 Å². The summed E-state index contributed by atoms with van der Waals surface area (Å²) in [5.74, 6) is 0.874. The van der Waals surface area contributed by atoms with Crippen molar-refractivity contribution < 1.29 is 33.6 Å². The Morgan fingerprint density at radius 2 is 1.50 bits per heavy atom. The van der Waals surface area contributed by atoms with Gasteiger partial charge in [0.1, 0.15) is 5.75 Å². The van der Waals surface area contributed by atoms with E-state index in [1.54, 1.807) is 63.8 Å². The van der Waals surface area contributed by atoms with Crippen LogP contribution in [-0.4, -0.2) is 45.2 Å². The third-order valence-electron chi connectivity index (χ3n) is 7.84. The molecule has 2 aliphatic rings. The Labute approximate surface area is 244 Å². The van der Waals surface area contributed by atoms with Gasteiger partial charge in [0.2, 0.25) is 0 Å². The van der Waals surface area contributed by atoms with Gasteiger partial charge in [-0.15, -0.1) is 0 Å². The smallest absolute Gasteiger partial charge is 0.254 e. The molecule has 0 fully saturated rings. The number of anilines is 1. The quantitative estimate of drug-likeness (QED) is 0.329. The van der Waals surface area contributed by atoms with Crippen molar-refractivity contribution in [3.05, 3.63) is 94.3 Å². The molecule has 3 aromatic carbocycles. The lowest BCUT2D eigenvalue weighted by Gasteiger charge is -2.37. The summed E-state index contributed by atoms with van der Waals surface area (Å²) in [6, 6.07) is 17.7. The van der Waals surface area contributed by atoms with Crippen molar-refractivity contribution in [2.24, 2.45) is 0 Å². The van der Waals surface area contributed by atoms with E-state index in [1.807, 2.05) is 25.1 Å². The Hall–Kier alpha value is -4.92. The summed E-state index contributed by atoms with van der Waals surface area (Å²) < 4.78 is 21.3. The fourth-order valence-corrected chi connectivity index (χ4v) is 5.78. The predicted octanol–water partition coefficient (Wildman–Crippen LogP) is 5.43. The van der Waals surface area contributed by atoms with Gasteiger partial charge in [-0.05, 0) is 78.9 Å². The first kappa shape index (κ1) is 28.6. The standard InChI is InChI=1S/C33H34N2O7/c1-18-30(33(38)35-22-8-10-23(39-2)11-9-22)31(20-7-12-27(40-3)25(36)15-20)32-24(34-18)14-21(16-26(32)37)19-6-13-28(41-4)29(17-19)42-5/h6-13,15,17,21,31,34,36H,14,16H2,1-5H3,(H,35,38)/t21-,31-/m0/s1. The number of aromatic hydroxyl groups is 1. The third-order valence-corrected chi connectivity index (χ3v) is 7.84. The number of hydrogen-bond acceptors (Lipinski definition) is 8. The molecular formula is C33H34N2O7. The number of benzene rings is 3. The molecule has 1 heterocycles. The summed E-state index contributed by atoms with van der Waals surface area (Å²) in [7, 11) is 6.21. The van der Waals surface area contributed by atoms with E-state index in [0.29, 0.717) is 57.5 Å². The van der Waals surface area contributed by atoms with E-state index >= 15 is 0 Å². The average molecular weight is 571 g/mol. The van der Waals surface area contributed by atoms with E-state index < -0.39 is 5.92 Å². The molecule has 0 saturated carbocycles. The van der Waals surface area contributed by atoms with Gasteiger partial charge in [0.15, 0.2) is 28.8 Å². The molecule has 0 radical (unpaired) electrons. The molecule has 2 atom stereocenters. The zero-order valence-corrected chi connectivity index (χ0v) is 24.2. The highest BCUT2D eigenvalue weighted by Gasteiger charge is 2.41. The fraction of sp³-hybridized carbons (Fsp3) is 0.273. The summed E-state index contributed by atoms with van der Waals surface area (Å²) in [6.45, 7) is 1.83. The maximum atomic E-state index is 14.0. The minimum Gasteiger partial charge on any atom is -0.504 e. The van der Waals surface area contributed by atoms with Crippen LogP contribution in [0.5, 0.6) is 28.7 Å². The second kappa shape index (κ2) is 11.9. The van der Waals surface area contributed by atoms with Gasteiger partial charge < -0.3 is 34.7 Å². The first-order valence-electron chi connectivity index (χ1n) is 13.6. The van der Waals surface area contributed by atoms with Gasteiger partial charge >= 0.3 is 0 Å². The van der Waals surface area contributed by atoms with E-state index in [1.165, 1.54) is 7.11 Å². The van der Waals surface area contributed by atoms with Crippen LogP contribution in [0.4, 0.5) is 5.69 Å². The number of ether oxygens (including phenoxy) is 4. The lowest BCUT2D eigenvalue weighted by molar-refractivity contribution is -0.116. The molecule has 1 aliphatic heterocycles. The summed E-state index contributed by atoms with van der Waals surface area (Å²) in [4.78, 5) is 27.8. The highest BCUT2D eigenvalue weighted by Crippen LogP contribution is 2.47. The Bertz CT molecular complexity index is 1590. The number of ketones is 1. The van der Waals surface area contributed by atoms with Crippen molar-refractivity contribution in [3.8, 4) is 28.7 Å². The van der Waals surface area contributed by atoms with Gasteiger partial charge in [-0.1, -0.05) is 12.1 Å². The molecule has 5 rings (SSSR count). The van der Waals surface area contributed by atoms with Gasteiger partial charge in [-0.2, -0.15) is 0 Å². The van der Waals surface area contributed by atoms with Crippen molar-refractivity contribution in [3.63, 3.8) is 0 Å². The number of carbonyl (C=O) groups excluding carboxylic acids is 2. The molecule has 0 spiro atoms. The van der Waals surface area contributed by atoms with Crippen LogP contribution in [0, 0.1) is 0 Å². The van der Waals surface area contributed by atoms with Crippen LogP contribution in [-0.2, 0) is 9.59 Å². The van der Waals surface area contributed by atoms with Crippen LogP contribution in [0.2, 0.25) is 0 Å². The second-order valence-corrected chi connectivity index (χ2v) is 10.2. The predicted molar refractivity (Wildman–Crippen MR) is 158 cm³/mol. The van der Waals surface area contributed by atoms with Crippen molar-refractivity contribution in [2.45, 2.75) is 31.6 Å². The zero-order valence-electron chi connectivity index (χ0n) is 24.2. The molecule has 1 aliphatic carbocycles.